The van der Waals surface area contributed by atoms with E-state index in [0.717, 1.165) is 58.0 Å². The number of aliphatic hydroxyl groups is 1. The van der Waals surface area contributed by atoms with Gasteiger partial charge in [-0.3, -0.25) is 4.90 Å². The van der Waals surface area contributed by atoms with E-state index in [1.54, 1.807) is 0 Å². The van der Waals surface area contributed by atoms with E-state index in [1.807, 2.05) is 12.1 Å². The molecule has 0 saturated carbocycles. The summed E-state index contributed by atoms with van der Waals surface area (Å²) in [6, 6.07) is 17.0. The number of ether oxygens (including phenoxy) is 1. The van der Waals surface area contributed by atoms with Gasteiger partial charge in [0.25, 0.3) is 0 Å². The van der Waals surface area contributed by atoms with Gasteiger partial charge in [0.05, 0.1) is 19.8 Å². The number of nitrogens with zero attached hydrogens (tertiary/aromatic N) is 3. The molecule has 0 spiro atoms. The quantitative estimate of drug-likeness (QED) is 0.721. The molecular formula is C23H33N3O2. The lowest BCUT2D eigenvalue weighted by Gasteiger charge is -2.32. The maximum atomic E-state index is 9.45. The zero-order valence-electron chi connectivity index (χ0n) is 17.2. The number of benzene rings is 2. The van der Waals surface area contributed by atoms with E-state index in [9.17, 15) is 5.11 Å². The van der Waals surface area contributed by atoms with Gasteiger partial charge in [-0.05, 0) is 36.9 Å². The molecule has 0 aliphatic carbocycles. The summed E-state index contributed by atoms with van der Waals surface area (Å²) in [4.78, 5) is 7.16. The van der Waals surface area contributed by atoms with Crippen molar-refractivity contribution in [3.05, 3.63) is 65.2 Å². The monoisotopic (exact) mass is 383 g/mol. The van der Waals surface area contributed by atoms with Gasteiger partial charge in [0.15, 0.2) is 0 Å². The Morgan fingerprint density at radius 3 is 2.43 bits per heavy atom. The zero-order chi connectivity index (χ0) is 19.8. The summed E-state index contributed by atoms with van der Waals surface area (Å²) in [5, 5.41) is 9.45. The van der Waals surface area contributed by atoms with Crippen LogP contribution in [0.2, 0.25) is 0 Å². The van der Waals surface area contributed by atoms with Crippen LogP contribution >= 0.6 is 0 Å². The average molecular weight is 384 g/mol. The maximum Gasteiger partial charge on any atom is 0.0681 e. The van der Waals surface area contributed by atoms with Crippen LogP contribution in [0.15, 0.2) is 48.5 Å². The van der Waals surface area contributed by atoms with E-state index < -0.39 is 0 Å². The molecule has 1 N–H and O–H groups in total. The first-order chi connectivity index (χ1) is 13.7. The van der Waals surface area contributed by atoms with Crippen molar-refractivity contribution < 1.29 is 9.84 Å². The van der Waals surface area contributed by atoms with E-state index in [2.05, 4.69) is 65.2 Å². The van der Waals surface area contributed by atoms with Gasteiger partial charge in [0.1, 0.15) is 0 Å². The second kappa shape index (κ2) is 10.6. The molecule has 0 bridgehead atoms. The molecule has 1 aliphatic rings. The van der Waals surface area contributed by atoms with Crippen LogP contribution in [0.4, 0.5) is 5.69 Å². The summed E-state index contributed by atoms with van der Waals surface area (Å²) in [5.41, 5.74) is 4.90. The van der Waals surface area contributed by atoms with Crippen molar-refractivity contribution in [1.82, 2.24) is 9.80 Å². The molecule has 1 heterocycles. The van der Waals surface area contributed by atoms with Gasteiger partial charge < -0.3 is 19.6 Å². The highest BCUT2D eigenvalue weighted by atomic mass is 16.5. The van der Waals surface area contributed by atoms with E-state index in [1.165, 1.54) is 16.8 Å². The van der Waals surface area contributed by atoms with Gasteiger partial charge in [0, 0.05) is 45.0 Å². The average Bonchev–Trinajstić information content (AvgIpc) is 2.73. The van der Waals surface area contributed by atoms with Crippen molar-refractivity contribution >= 4 is 5.69 Å². The SMILES string of the molecule is CN(C)CCN(Cc1cccc(CO)c1)Cc1ccccc1N1CCOCC1. The molecule has 5 nitrogen and oxygen atoms in total. The molecule has 1 fully saturated rings. The molecule has 3 rings (SSSR count). The second-order valence-electron chi connectivity index (χ2n) is 7.72. The van der Waals surface area contributed by atoms with Crippen LogP contribution in [0.3, 0.4) is 0 Å². The number of rotatable bonds is 9. The van der Waals surface area contributed by atoms with E-state index in [-0.39, 0.29) is 6.61 Å². The normalized spacial score (nSPS) is 14.8. The van der Waals surface area contributed by atoms with Gasteiger partial charge in [-0.2, -0.15) is 0 Å². The van der Waals surface area contributed by atoms with Crippen LogP contribution in [0, 0.1) is 0 Å². The van der Waals surface area contributed by atoms with Crippen LogP contribution in [-0.2, 0) is 24.4 Å². The largest absolute Gasteiger partial charge is 0.392 e. The molecule has 0 atom stereocenters. The van der Waals surface area contributed by atoms with Crippen LogP contribution in [0.5, 0.6) is 0 Å². The Bertz CT molecular complexity index is 729. The molecule has 28 heavy (non-hydrogen) atoms. The Morgan fingerprint density at radius 2 is 1.68 bits per heavy atom. The fourth-order valence-corrected chi connectivity index (χ4v) is 3.64. The Labute approximate surface area is 169 Å². The number of aliphatic hydroxyl groups excluding tert-OH is 1. The maximum absolute atomic E-state index is 9.45. The number of likely N-dealkylation sites (N-methyl/N-ethyl adjacent to an activating group) is 1. The molecule has 0 unspecified atom stereocenters. The van der Waals surface area contributed by atoms with Crippen molar-refractivity contribution in [2.75, 3.05) is 58.4 Å². The Hall–Kier alpha value is -1.92. The van der Waals surface area contributed by atoms with Crippen molar-refractivity contribution in [3.63, 3.8) is 0 Å². The summed E-state index contributed by atoms with van der Waals surface area (Å²) in [6.07, 6.45) is 0. The van der Waals surface area contributed by atoms with Gasteiger partial charge in [-0.15, -0.1) is 0 Å². The Kier molecular flexibility index (Phi) is 7.86. The molecule has 152 valence electrons. The minimum absolute atomic E-state index is 0.0887. The second-order valence-corrected chi connectivity index (χ2v) is 7.72. The molecule has 0 amide bonds. The molecule has 0 radical (unpaired) electrons. The predicted molar refractivity (Wildman–Crippen MR) is 115 cm³/mol. The van der Waals surface area contributed by atoms with Crippen molar-refractivity contribution in [2.45, 2.75) is 19.7 Å². The molecular weight excluding hydrogens is 350 g/mol. The van der Waals surface area contributed by atoms with E-state index in [0.29, 0.717) is 0 Å². The van der Waals surface area contributed by atoms with Crippen molar-refractivity contribution in [2.24, 2.45) is 0 Å². The van der Waals surface area contributed by atoms with E-state index >= 15 is 0 Å². The minimum atomic E-state index is 0.0887. The lowest BCUT2D eigenvalue weighted by atomic mass is 10.1. The summed E-state index contributed by atoms with van der Waals surface area (Å²) in [6.45, 7) is 7.38. The number of hydrogen-bond acceptors (Lipinski definition) is 5. The number of para-hydroxylation sites is 1. The lowest BCUT2D eigenvalue weighted by Crippen LogP contribution is -2.37. The molecule has 1 saturated heterocycles. The van der Waals surface area contributed by atoms with Gasteiger partial charge >= 0.3 is 0 Å². The first kappa shape index (κ1) is 20.8. The first-order valence-electron chi connectivity index (χ1n) is 10.1. The third-order valence-corrected chi connectivity index (χ3v) is 5.18. The fourth-order valence-electron chi connectivity index (χ4n) is 3.64. The van der Waals surface area contributed by atoms with Crippen LogP contribution in [-0.4, -0.2) is 68.4 Å². The van der Waals surface area contributed by atoms with Crippen molar-refractivity contribution in [3.8, 4) is 0 Å². The van der Waals surface area contributed by atoms with Gasteiger partial charge in [-0.1, -0.05) is 42.5 Å². The van der Waals surface area contributed by atoms with Gasteiger partial charge in [0.2, 0.25) is 0 Å². The highest BCUT2D eigenvalue weighted by Gasteiger charge is 2.16. The highest BCUT2D eigenvalue weighted by molar-refractivity contribution is 5.54. The smallest absolute Gasteiger partial charge is 0.0681 e. The summed E-state index contributed by atoms with van der Waals surface area (Å²) >= 11 is 0. The van der Waals surface area contributed by atoms with Crippen molar-refractivity contribution in [1.29, 1.82) is 0 Å². The lowest BCUT2D eigenvalue weighted by molar-refractivity contribution is 0.122. The number of morpholine rings is 1. The standard InChI is InChI=1S/C23H33N3O2/c1-24(2)10-11-25(17-20-6-5-7-21(16-20)19-27)18-22-8-3-4-9-23(22)26-12-14-28-15-13-26/h3-9,16,27H,10-15,17-19H2,1-2H3. The summed E-state index contributed by atoms with van der Waals surface area (Å²) in [5.74, 6) is 0. The summed E-state index contributed by atoms with van der Waals surface area (Å²) in [7, 11) is 4.23. The molecule has 5 heteroatoms. The molecule has 0 aromatic heterocycles. The Balaban J connectivity index is 1.77. The van der Waals surface area contributed by atoms with Crippen LogP contribution in [0.1, 0.15) is 16.7 Å². The third kappa shape index (κ3) is 6.04. The van der Waals surface area contributed by atoms with Crippen LogP contribution in [0.25, 0.3) is 0 Å². The Morgan fingerprint density at radius 1 is 0.929 bits per heavy atom. The molecule has 2 aromatic carbocycles. The molecule has 1 aliphatic heterocycles. The zero-order valence-corrected chi connectivity index (χ0v) is 17.2. The fraction of sp³-hybridized carbons (Fsp3) is 0.478. The number of anilines is 1. The topological polar surface area (TPSA) is 39.2 Å². The number of hydrogen-bond donors (Lipinski definition) is 1. The van der Waals surface area contributed by atoms with Crippen LogP contribution < -0.4 is 4.90 Å². The summed E-state index contributed by atoms with van der Waals surface area (Å²) < 4.78 is 5.53. The first-order valence-corrected chi connectivity index (χ1v) is 10.1. The minimum Gasteiger partial charge on any atom is -0.392 e. The third-order valence-electron chi connectivity index (χ3n) is 5.18. The highest BCUT2D eigenvalue weighted by Crippen LogP contribution is 2.24. The van der Waals surface area contributed by atoms with Gasteiger partial charge in [-0.25, -0.2) is 0 Å². The molecule has 2 aromatic rings. The van der Waals surface area contributed by atoms with E-state index in [4.69, 9.17) is 4.74 Å². The predicted octanol–water partition coefficient (Wildman–Crippen LogP) is 2.58.